The molecule has 1 aromatic heterocycles. The van der Waals surface area contributed by atoms with E-state index in [4.69, 9.17) is 13.9 Å². The van der Waals surface area contributed by atoms with Crippen LogP contribution >= 0.6 is 0 Å². The van der Waals surface area contributed by atoms with E-state index >= 15 is 0 Å². The summed E-state index contributed by atoms with van der Waals surface area (Å²) in [5.74, 6) is 0.902. The lowest BCUT2D eigenvalue weighted by Crippen LogP contribution is -2.18. The van der Waals surface area contributed by atoms with Crippen molar-refractivity contribution in [1.29, 1.82) is 0 Å². The van der Waals surface area contributed by atoms with Gasteiger partial charge in [-0.3, -0.25) is 0 Å². The molecular formula is C14H18FN3O3. The van der Waals surface area contributed by atoms with Crippen LogP contribution in [0.3, 0.4) is 0 Å². The summed E-state index contributed by atoms with van der Waals surface area (Å²) >= 11 is 0. The first kappa shape index (κ1) is 15.4. The highest BCUT2D eigenvalue weighted by atomic mass is 19.1. The van der Waals surface area contributed by atoms with Gasteiger partial charge in [-0.25, -0.2) is 4.39 Å². The van der Waals surface area contributed by atoms with Crippen LogP contribution in [0.2, 0.25) is 0 Å². The fourth-order valence-electron chi connectivity index (χ4n) is 1.75. The Morgan fingerprint density at radius 2 is 2.14 bits per heavy atom. The molecule has 0 saturated heterocycles. The van der Waals surface area contributed by atoms with E-state index in [-0.39, 0.29) is 12.4 Å². The molecule has 0 bridgehead atoms. The maximum Gasteiger partial charge on any atom is 0.253 e. The SMILES string of the molecule is COCCNCc1cc(F)cc(OCc2nnc(C)o2)c1. The Hall–Kier alpha value is -1.99. The second kappa shape index (κ2) is 7.70. The van der Waals surface area contributed by atoms with Crippen molar-refractivity contribution in [3.8, 4) is 5.75 Å². The van der Waals surface area contributed by atoms with E-state index in [0.29, 0.717) is 37.2 Å². The van der Waals surface area contributed by atoms with Crippen LogP contribution in [0.4, 0.5) is 4.39 Å². The molecule has 2 rings (SSSR count). The number of rotatable bonds is 8. The third-order valence-electron chi connectivity index (χ3n) is 2.67. The van der Waals surface area contributed by atoms with E-state index < -0.39 is 0 Å². The molecule has 2 aromatic rings. The Bertz CT molecular complexity index is 574. The summed E-state index contributed by atoms with van der Waals surface area (Å²) in [5.41, 5.74) is 0.794. The summed E-state index contributed by atoms with van der Waals surface area (Å²) < 4.78 is 29.1. The summed E-state index contributed by atoms with van der Waals surface area (Å²) in [5, 5.41) is 10.7. The number of ether oxygens (including phenoxy) is 2. The van der Waals surface area contributed by atoms with Crippen molar-refractivity contribution < 1.29 is 18.3 Å². The molecule has 0 amide bonds. The zero-order valence-electron chi connectivity index (χ0n) is 12.1. The molecule has 114 valence electrons. The van der Waals surface area contributed by atoms with Crippen LogP contribution in [0, 0.1) is 12.7 Å². The van der Waals surface area contributed by atoms with Gasteiger partial charge >= 0.3 is 0 Å². The zero-order chi connectivity index (χ0) is 15.1. The van der Waals surface area contributed by atoms with Gasteiger partial charge in [0.2, 0.25) is 5.89 Å². The molecule has 0 radical (unpaired) electrons. The highest BCUT2D eigenvalue weighted by Crippen LogP contribution is 2.17. The van der Waals surface area contributed by atoms with Crippen molar-refractivity contribution in [2.75, 3.05) is 20.3 Å². The fourth-order valence-corrected chi connectivity index (χ4v) is 1.75. The van der Waals surface area contributed by atoms with Crippen molar-refractivity contribution in [2.45, 2.75) is 20.1 Å². The van der Waals surface area contributed by atoms with Gasteiger partial charge in [0.05, 0.1) is 6.61 Å². The van der Waals surface area contributed by atoms with Gasteiger partial charge < -0.3 is 19.2 Å². The number of halogens is 1. The lowest BCUT2D eigenvalue weighted by molar-refractivity contribution is 0.199. The standard InChI is InChI=1S/C14H18FN3O3/c1-10-17-18-14(21-10)9-20-13-6-11(5-12(15)7-13)8-16-3-4-19-2/h5-7,16H,3-4,8-9H2,1-2H3. The minimum Gasteiger partial charge on any atom is -0.484 e. The Labute approximate surface area is 122 Å². The molecule has 0 aliphatic carbocycles. The van der Waals surface area contributed by atoms with Crippen LogP contribution < -0.4 is 10.1 Å². The van der Waals surface area contributed by atoms with Crippen molar-refractivity contribution in [2.24, 2.45) is 0 Å². The predicted molar refractivity (Wildman–Crippen MR) is 73.3 cm³/mol. The number of aryl methyl sites for hydroxylation is 1. The van der Waals surface area contributed by atoms with Gasteiger partial charge in [0.15, 0.2) is 6.61 Å². The van der Waals surface area contributed by atoms with Crippen LogP contribution in [0.25, 0.3) is 0 Å². The largest absolute Gasteiger partial charge is 0.484 e. The summed E-state index contributed by atoms with van der Waals surface area (Å²) in [6.07, 6.45) is 0. The maximum absolute atomic E-state index is 13.5. The molecule has 0 saturated carbocycles. The molecule has 0 spiro atoms. The normalized spacial score (nSPS) is 10.8. The Morgan fingerprint density at radius 1 is 1.29 bits per heavy atom. The second-order valence-corrected chi connectivity index (χ2v) is 4.47. The zero-order valence-corrected chi connectivity index (χ0v) is 12.1. The topological polar surface area (TPSA) is 69.4 Å². The summed E-state index contributed by atoms with van der Waals surface area (Å²) in [7, 11) is 1.63. The smallest absolute Gasteiger partial charge is 0.253 e. The second-order valence-electron chi connectivity index (χ2n) is 4.47. The van der Waals surface area contributed by atoms with E-state index in [9.17, 15) is 4.39 Å². The molecule has 0 aliphatic heterocycles. The molecule has 0 aliphatic rings. The molecule has 21 heavy (non-hydrogen) atoms. The molecule has 0 atom stereocenters. The number of nitrogens with zero attached hydrogens (tertiary/aromatic N) is 2. The Kier molecular flexibility index (Phi) is 5.65. The molecule has 6 nitrogen and oxygen atoms in total. The molecule has 0 fully saturated rings. The molecular weight excluding hydrogens is 277 g/mol. The van der Waals surface area contributed by atoms with Gasteiger partial charge in [-0.1, -0.05) is 0 Å². The van der Waals surface area contributed by atoms with Crippen molar-refractivity contribution >= 4 is 0 Å². The van der Waals surface area contributed by atoms with Crippen LogP contribution in [0.5, 0.6) is 5.75 Å². The molecule has 1 N–H and O–H groups in total. The van der Waals surface area contributed by atoms with Gasteiger partial charge in [-0.2, -0.15) is 0 Å². The third kappa shape index (κ3) is 5.13. The van der Waals surface area contributed by atoms with Gasteiger partial charge in [0, 0.05) is 33.2 Å². The number of hydrogen-bond acceptors (Lipinski definition) is 6. The monoisotopic (exact) mass is 295 g/mol. The van der Waals surface area contributed by atoms with Crippen molar-refractivity contribution in [3.05, 3.63) is 41.4 Å². The lowest BCUT2D eigenvalue weighted by atomic mass is 10.2. The van der Waals surface area contributed by atoms with Crippen LogP contribution in [-0.4, -0.2) is 30.5 Å². The Morgan fingerprint density at radius 3 is 2.86 bits per heavy atom. The summed E-state index contributed by atoms with van der Waals surface area (Å²) in [6, 6.07) is 4.55. The van der Waals surface area contributed by atoms with Crippen molar-refractivity contribution in [3.63, 3.8) is 0 Å². The highest BCUT2D eigenvalue weighted by Gasteiger charge is 2.06. The summed E-state index contributed by atoms with van der Waals surface area (Å²) in [4.78, 5) is 0. The third-order valence-corrected chi connectivity index (χ3v) is 2.67. The molecule has 0 unspecified atom stereocenters. The summed E-state index contributed by atoms with van der Waals surface area (Å²) in [6.45, 7) is 3.65. The van der Waals surface area contributed by atoms with E-state index in [1.54, 1.807) is 20.1 Å². The van der Waals surface area contributed by atoms with E-state index in [0.717, 1.165) is 5.56 Å². The van der Waals surface area contributed by atoms with Gasteiger partial charge in [-0.05, 0) is 17.7 Å². The molecule has 1 heterocycles. The van der Waals surface area contributed by atoms with Gasteiger partial charge in [0.25, 0.3) is 5.89 Å². The van der Waals surface area contributed by atoms with E-state index in [2.05, 4.69) is 15.5 Å². The number of nitrogens with one attached hydrogen (secondary N) is 1. The maximum atomic E-state index is 13.5. The average molecular weight is 295 g/mol. The molecule has 1 aromatic carbocycles. The number of aromatic nitrogens is 2. The average Bonchev–Trinajstić information content (AvgIpc) is 2.87. The minimum absolute atomic E-state index is 0.112. The van der Waals surface area contributed by atoms with Gasteiger partial charge in [-0.15, -0.1) is 10.2 Å². The fraction of sp³-hybridized carbons (Fsp3) is 0.429. The number of hydrogen-bond donors (Lipinski definition) is 1. The van der Waals surface area contributed by atoms with Crippen molar-refractivity contribution in [1.82, 2.24) is 15.5 Å². The lowest BCUT2D eigenvalue weighted by Gasteiger charge is -2.08. The quantitative estimate of drug-likeness (QED) is 0.749. The van der Waals surface area contributed by atoms with E-state index in [1.807, 2.05) is 0 Å². The first-order valence-electron chi connectivity index (χ1n) is 6.58. The molecule has 7 heteroatoms. The Balaban J connectivity index is 1.91. The number of methoxy groups -OCH3 is 1. The van der Waals surface area contributed by atoms with E-state index in [1.165, 1.54) is 12.1 Å². The minimum atomic E-state index is -0.349. The van der Waals surface area contributed by atoms with Crippen LogP contribution in [-0.2, 0) is 17.9 Å². The predicted octanol–water partition coefficient (Wildman–Crippen LogP) is 1.83. The van der Waals surface area contributed by atoms with Crippen LogP contribution in [0.15, 0.2) is 22.6 Å². The first-order valence-corrected chi connectivity index (χ1v) is 6.58. The highest BCUT2D eigenvalue weighted by molar-refractivity contribution is 5.29. The van der Waals surface area contributed by atoms with Gasteiger partial charge in [0.1, 0.15) is 11.6 Å². The first-order chi connectivity index (χ1) is 10.2. The number of benzene rings is 1. The van der Waals surface area contributed by atoms with Crippen LogP contribution in [0.1, 0.15) is 17.3 Å².